The van der Waals surface area contributed by atoms with Crippen LogP contribution >= 0.6 is 11.1 Å². The van der Waals surface area contributed by atoms with Crippen LogP contribution in [0.1, 0.15) is 6.92 Å². The number of rotatable bonds is 2. The van der Waals surface area contributed by atoms with Crippen molar-refractivity contribution >= 4 is 23.9 Å². The van der Waals surface area contributed by atoms with Crippen LogP contribution in [0.25, 0.3) is 0 Å². The van der Waals surface area contributed by atoms with Crippen LogP contribution < -0.4 is 0 Å². The van der Waals surface area contributed by atoms with Gasteiger partial charge in [-0.2, -0.15) is 11.1 Å². The first-order chi connectivity index (χ1) is 3.85. The third-order valence-electron chi connectivity index (χ3n) is 0.928. The summed E-state index contributed by atoms with van der Waals surface area (Å²) in [6, 6.07) is 0. The van der Waals surface area contributed by atoms with Crippen LogP contribution in [0.4, 0.5) is 0 Å². The van der Waals surface area contributed by atoms with Crippen LogP contribution in [0.2, 0.25) is 13.1 Å². The van der Waals surface area contributed by atoms with E-state index in [1.54, 1.807) is 20.0 Å². The fourth-order valence-electron chi connectivity index (χ4n) is 0.507. The van der Waals surface area contributed by atoms with E-state index in [1.165, 1.54) is 0 Å². The lowest BCUT2D eigenvalue weighted by Crippen LogP contribution is -2.30. The fraction of sp³-hybridized carbons (Fsp3) is 0.500. The summed E-state index contributed by atoms with van der Waals surface area (Å²) in [7, 11) is -2.09. The highest BCUT2D eigenvalue weighted by Gasteiger charge is 2.27. The maximum atomic E-state index is 11.0. The van der Waals surface area contributed by atoms with Gasteiger partial charge in [0, 0.05) is 0 Å². The van der Waals surface area contributed by atoms with Crippen molar-refractivity contribution in [2.24, 2.45) is 0 Å². The summed E-state index contributed by atoms with van der Waals surface area (Å²) in [5.41, 5.74) is 0.571. The molecule has 0 aliphatic heterocycles. The first kappa shape index (κ1) is 8.92. The molecule has 0 saturated carbocycles. The second-order valence-electron chi connectivity index (χ2n) is 2.58. The van der Waals surface area contributed by atoms with E-state index in [2.05, 4.69) is 6.58 Å². The maximum absolute atomic E-state index is 11.0. The average molecular weight is 163 g/mol. The second kappa shape index (κ2) is 2.67. The summed E-state index contributed by atoms with van der Waals surface area (Å²) < 4.78 is 0. The predicted octanol–water partition coefficient (Wildman–Crippen LogP) is 2.11. The second-order valence-corrected chi connectivity index (χ2v) is 8.82. The molecule has 0 aromatic carbocycles. The smallest absolute Gasteiger partial charge is 0.229 e. The molecule has 0 fully saturated rings. The van der Waals surface area contributed by atoms with E-state index >= 15 is 0 Å². The van der Waals surface area contributed by atoms with Crippen LogP contribution in [-0.4, -0.2) is 12.8 Å². The average Bonchev–Trinajstić information content (AvgIpc) is 1.62. The van der Waals surface area contributed by atoms with Crippen LogP contribution in [0, 0.1) is 0 Å². The molecule has 0 unspecified atom stereocenters. The molecule has 0 radical (unpaired) electrons. The van der Waals surface area contributed by atoms with Crippen LogP contribution in [0.3, 0.4) is 0 Å². The van der Waals surface area contributed by atoms with E-state index in [-0.39, 0.29) is 5.41 Å². The van der Waals surface area contributed by atoms with E-state index in [0.717, 1.165) is 0 Å². The van der Waals surface area contributed by atoms with Crippen molar-refractivity contribution in [3.05, 3.63) is 12.2 Å². The third kappa shape index (κ3) is 2.82. The minimum Gasteiger partial charge on any atom is -0.299 e. The zero-order valence-electron chi connectivity index (χ0n) is 5.99. The summed E-state index contributed by atoms with van der Waals surface area (Å²) in [5, 5.41) is 0.0455. The first-order valence-electron chi connectivity index (χ1n) is 2.75. The normalized spacial score (nSPS) is 11.1. The minimum atomic E-state index is -2.09. The Kier molecular flexibility index (Phi) is 2.64. The summed E-state index contributed by atoms with van der Waals surface area (Å²) in [5.74, 6) is 0. The molecule has 0 heterocycles. The monoisotopic (exact) mass is 162 g/mol. The van der Waals surface area contributed by atoms with Gasteiger partial charge in [0.05, 0.1) is 0 Å². The minimum absolute atomic E-state index is 0.0455. The summed E-state index contributed by atoms with van der Waals surface area (Å²) in [4.78, 5) is 11.0. The van der Waals surface area contributed by atoms with Gasteiger partial charge in [-0.3, -0.25) is 4.79 Å². The van der Waals surface area contributed by atoms with Crippen molar-refractivity contribution in [2.45, 2.75) is 20.0 Å². The van der Waals surface area contributed by atoms with Gasteiger partial charge in [-0.05, 0) is 25.6 Å². The lowest BCUT2D eigenvalue weighted by Gasteiger charge is -2.09. The Bertz CT molecular complexity index is 146. The van der Waals surface area contributed by atoms with Crippen LogP contribution in [-0.2, 0) is 4.79 Å². The Morgan fingerprint density at radius 2 is 1.89 bits per heavy atom. The molecule has 0 atom stereocenters. The SMILES string of the molecule is C=C(C)C(=O)[Si](C)(C)Cl. The molecule has 0 aliphatic carbocycles. The van der Waals surface area contributed by atoms with Crippen LogP contribution in [0.5, 0.6) is 0 Å². The quantitative estimate of drug-likeness (QED) is 0.346. The van der Waals surface area contributed by atoms with Gasteiger partial charge in [0.1, 0.15) is 0 Å². The Morgan fingerprint density at radius 1 is 1.56 bits per heavy atom. The van der Waals surface area contributed by atoms with E-state index in [9.17, 15) is 4.79 Å². The predicted molar refractivity (Wildman–Crippen MR) is 43.2 cm³/mol. The molecule has 0 rings (SSSR count). The van der Waals surface area contributed by atoms with Gasteiger partial charge in [0.2, 0.25) is 7.38 Å². The molecule has 0 aromatic heterocycles. The number of hydrogen-bond acceptors (Lipinski definition) is 1. The zero-order chi connectivity index (χ0) is 7.65. The van der Waals surface area contributed by atoms with E-state index in [0.29, 0.717) is 5.57 Å². The van der Waals surface area contributed by atoms with Gasteiger partial charge in [0.15, 0.2) is 5.41 Å². The molecule has 0 aliphatic rings. The lowest BCUT2D eigenvalue weighted by atomic mass is 10.4. The summed E-state index contributed by atoms with van der Waals surface area (Å²) in [6.07, 6.45) is 0. The Labute approximate surface area is 61.4 Å². The van der Waals surface area contributed by atoms with Gasteiger partial charge >= 0.3 is 0 Å². The molecular weight excluding hydrogens is 152 g/mol. The third-order valence-corrected chi connectivity index (χ3v) is 2.95. The Balaban J connectivity index is 4.23. The summed E-state index contributed by atoms with van der Waals surface area (Å²) in [6.45, 7) is 8.81. The maximum Gasteiger partial charge on any atom is 0.229 e. The molecule has 3 heteroatoms. The van der Waals surface area contributed by atoms with Gasteiger partial charge in [-0.15, -0.1) is 0 Å². The largest absolute Gasteiger partial charge is 0.299 e. The molecule has 0 aromatic rings. The van der Waals surface area contributed by atoms with E-state index < -0.39 is 7.38 Å². The Morgan fingerprint density at radius 3 is 1.89 bits per heavy atom. The van der Waals surface area contributed by atoms with Gasteiger partial charge in [0.25, 0.3) is 0 Å². The van der Waals surface area contributed by atoms with Gasteiger partial charge < -0.3 is 0 Å². The fourth-order valence-corrected chi connectivity index (χ4v) is 2.01. The number of allylic oxidation sites excluding steroid dienone is 1. The zero-order valence-corrected chi connectivity index (χ0v) is 7.75. The highest BCUT2D eigenvalue weighted by Crippen LogP contribution is 2.12. The molecule has 0 N–H and O–H groups in total. The number of hydrogen-bond donors (Lipinski definition) is 0. The lowest BCUT2D eigenvalue weighted by molar-refractivity contribution is -0.109. The van der Waals surface area contributed by atoms with Crippen LogP contribution in [0.15, 0.2) is 12.2 Å². The first-order valence-corrected chi connectivity index (χ1v) is 6.76. The summed E-state index contributed by atoms with van der Waals surface area (Å²) >= 11 is 5.81. The molecule has 9 heavy (non-hydrogen) atoms. The molecular formula is C6H11ClOSi. The number of carbonyl (C=O) groups excluding carboxylic acids is 1. The standard InChI is InChI=1S/C6H11ClOSi/c1-5(2)6(8)9(3,4)7/h1H2,2-4H3. The molecule has 0 spiro atoms. The van der Waals surface area contributed by atoms with Crippen molar-refractivity contribution in [2.75, 3.05) is 0 Å². The van der Waals surface area contributed by atoms with Gasteiger partial charge in [-0.1, -0.05) is 6.58 Å². The number of halogens is 1. The van der Waals surface area contributed by atoms with E-state index in [4.69, 9.17) is 11.1 Å². The van der Waals surface area contributed by atoms with Crippen molar-refractivity contribution in [3.8, 4) is 0 Å². The van der Waals surface area contributed by atoms with E-state index in [1.807, 2.05) is 0 Å². The highest BCUT2D eigenvalue weighted by atomic mass is 35.6. The van der Waals surface area contributed by atoms with Crippen molar-refractivity contribution in [1.82, 2.24) is 0 Å². The Hall–Kier alpha value is -0.0831. The highest BCUT2D eigenvalue weighted by molar-refractivity contribution is 7.35. The molecule has 52 valence electrons. The molecule has 0 bridgehead atoms. The van der Waals surface area contributed by atoms with Crippen molar-refractivity contribution in [3.63, 3.8) is 0 Å². The molecule has 0 amide bonds. The number of carbonyl (C=O) groups is 1. The van der Waals surface area contributed by atoms with Gasteiger partial charge in [-0.25, -0.2) is 0 Å². The molecule has 0 saturated heterocycles. The molecule has 1 nitrogen and oxygen atoms in total. The van der Waals surface area contributed by atoms with Crippen molar-refractivity contribution < 1.29 is 4.79 Å². The topological polar surface area (TPSA) is 17.1 Å². The van der Waals surface area contributed by atoms with Crippen molar-refractivity contribution in [1.29, 1.82) is 0 Å².